The first-order valence-electron chi connectivity index (χ1n) is 6.92. The van der Waals surface area contributed by atoms with Crippen molar-refractivity contribution in [3.05, 3.63) is 29.3 Å². The standard InChI is InChI=1S/C15H21F3N2O/c1-4-9(2)7-10(3)20-14(21)12-8-11(15(16,17)18)5-6-13(12)19/h5-6,8-10H,4,7,19H2,1-3H3,(H,20,21). The van der Waals surface area contributed by atoms with Gasteiger partial charge >= 0.3 is 6.18 Å². The number of hydrogen-bond acceptors (Lipinski definition) is 2. The Labute approximate surface area is 122 Å². The van der Waals surface area contributed by atoms with Crippen LogP contribution in [0.15, 0.2) is 18.2 Å². The highest BCUT2D eigenvalue weighted by Crippen LogP contribution is 2.31. The van der Waals surface area contributed by atoms with E-state index in [2.05, 4.69) is 12.2 Å². The molecule has 0 heterocycles. The average molecular weight is 302 g/mol. The van der Waals surface area contributed by atoms with Gasteiger partial charge in [0.1, 0.15) is 0 Å². The summed E-state index contributed by atoms with van der Waals surface area (Å²) in [4.78, 5) is 12.1. The Morgan fingerprint density at radius 2 is 1.95 bits per heavy atom. The van der Waals surface area contributed by atoms with Crippen LogP contribution in [0.25, 0.3) is 0 Å². The molecule has 3 N–H and O–H groups in total. The van der Waals surface area contributed by atoms with Gasteiger partial charge in [-0.2, -0.15) is 13.2 Å². The topological polar surface area (TPSA) is 55.1 Å². The fraction of sp³-hybridized carbons (Fsp3) is 0.533. The first-order valence-corrected chi connectivity index (χ1v) is 6.92. The van der Waals surface area contributed by atoms with Crippen LogP contribution in [0.1, 0.15) is 49.5 Å². The summed E-state index contributed by atoms with van der Waals surface area (Å²) in [5.74, 6) is -0.145. The minimum absolute atomic E-state index is 0.0382. The van der Waals surface area contributed by atoms with Crippen molar-refractivity contribution >= 4 is 11.6 Å². The van der Waals surface area contributed by atoms with Crippen LogP contribution in [0.2, 0.25) is 0 Å². The molecule has 6 heteroatoms. The number of rotatable bonds is 5. The second kappa shape index (κ2) is 6.83. The maximum Gasteiger partial charge on any atom is 0.416 e. The predicted octanol–water partition coefficient (Wildman–Crippen LogP) is 3.84. The lowest BCUT2D eigenvalue weighted by Crippen LogP contribution is -2.34. The van der Waals surface area contributed by atoms with Crippen molar-refractivity contribution in [3.63, 3.8) is 0 Å². The molecule has 0 aliphatic heterocycles. The Hall–Kier alpha value is -1.72. The molecule has 1 amide bonds. The van der Waals surface area contributed by atoms with E-state index in [9.17, 15) is 18.0 Å². The Morgan fingerprint density at radius 3 is 2.48 bits per heavy atom. The van der Waals surface area contributed by atoms with Crippen LogP contribution >= 0.6 is 0 Å². The van der Waals surface area contributed by atoms with Gasteiger partial charge in [0.05, 0.1) is 11.1 Å². The number of carbonyl (C=O) groups is 1. The number of anilines is 1. The Balaban J connectivity index is 2.87. The molecule has 1 rings (SSSR count). The molecule has 0 aromatic heterocycles. The molecule has 2 atom stereocenters. The fourth-order valence-electron chi connectivity index (χ4n) is 2.06. The number of nitrogens with one attached hydrogen (secondary N) is 1. The molecule has 0 bridgehead atoms. The number of nitrogens with two attached hydrogens (primary N) is 1. The van der Waals surface area contributed by atoms with Gasteiger partial charge < -0.3 is 11.1 Å². The molecule has 0 radical (unpaired) electrons. The van der Waals surface area contributed by atoms with Crippen LogP contribution in [0.5, 0.6) is 0 Å². The van der Waals surface area contributed by atoms with E-state index in [1.165, 1.54) is 0 Å². The van der Waals surface area contributed by atoms with Crippen LogP contribution < -0.4 is 11.1 Å². The molecule has 21 heavy (non-hydrogen) atoms. The number of benzene rings is 1. The van der Waals surface area contributed by atoms with E-state index in [4.69, 9.17) is 5.73 Å². The third-order valence-corrected chi connectivity index (χ3v) is 3.46. The smallest absolute Gasteiger partial charge is 0.398 e. The lowest BCUT2D eigenvalue weighted by atomic mass is 10.00. The molecule has 0 saturated heterocycles. The SMILES string of the molecule is CCC(C)CC(C)NC(=O)c1cc(C(F)(F)F)ccc1N. The van der Waals surface area contributed by atoms with E-state index in [0.29, 0.717) is 5.92 Å². The van der Waals surface area contributed by atoms with E-state index in [-0.39, 0.29) is 17.3 Å². The largest absolute Gasteiger partial charge is 0.416 e. The van der Waals surface area contributed by atoms with Crippen LogP contribution in [-0.4, -0.2) is 11.9 Å². The number of halogens is 3. The molecule has 118 valence electrons. The summed E-state index contributed by atoms with van der Waals surface area (Å²) >= 11 is 0. The fourth-order valence-corrected chi connectivity index (χ4v) is 2.06. The van der Waals surface area contributed by atoms with E-state index in [1.807, 2.05) is 13.8 Å². The molecular weight excluding hydrogens is 281 g/mol. The van der Waals surface area contributed by atoms with Crippen molar-refractivity contribution in [1.82, 2.24) is 5.32 Å². The number of hydrogen-bond donors (Lipinski definition) is 2. The molecule has 3 nitrogen and oxygen atoms in total. The third-order valence-electron chi connectivity index (χ3n) is 3.46. The molecule has 0 aliphatic carbocycles. The molecule has 1 aromatic carbocycles. The molecule has 0 spiro atoms. The van der Waals surface area contributed by atoms with E-state index in [1.54, 1.807) is 0 Å². The molecule has 0 aliphatic rings. The zero-order valence-electron chi connectivity index (χ0n) is 12.4. The summed E-state index contributed by atoms with van der Waals surface area (Å²) in [6.45, 7) is 5.93. The lowest BCUT2D eigenvalue weighted by molar-refractivity contribution is -0.137. The summed E-state index contributed by atoms with van der Waals surface area (Å²) in [5.41, 5.74) is 4.63. The first kappa shape index (κ1) is 17.3. The van der Waals surface area contributed by atoms with Crippen molar-refractivity contribution in [3.8, 4) is 0 Å². The van der Waals surface area contributed by atoms with Crippen LogP contribution in [-0.2, 0) is 6.18 Å². The summed E-state index contributed by atoms with van der Waals surface area (Å²) < 4.78 is 38.0. The maximum atomic E-state index is 12.7. The highest BCUT2D eigenvalue weighted by atomic mass is 19.4. The van der Waals surface area contributed by atoms with E-state index >= 15 is 0 Å². The highest BCUT2D eigenvalue weighted by Gasteiger charge is 2.31. The van der Waals surface area contributed by atoms with E-state index < -0.39 is 17.6 Å². The minimum Gasteiger partial charge on any atom is -0.398 e. The molecular formula is C15H21F3N2O. The zero-order valence-corrected chi connectivity index (χ0v) is 12.4. The summed E-state index contributed by atoms with van der Waals surface area (Å²) in [5, 5.41) is 2.69. The van der Waals surface area contributed by atoms with Crippen molar-refractivity contribution in [2.24, 2.45) is 5.92 Å². The van der Waals surface area contributed by atoms with Gasteiger partial charge in [-0.15, -0.1) is 0 Å². The van der Waals surface area contributed by atoms with Crippen molar-refractivity contribution in [1.29, 1.82) is 0 Å². The Bertz CT molecular complexity index is 500. The molecule has 0 saturated carbocycles. The average Bonchev–Trinajstić information content (AvgIpc) is 2.37. The number of carbonyl (C=O) groups excluding carboxylic acids is 1. The van der Waals surface area contributed by atoms with Crippen molar-refractivity contribution < 1.29 is 18.0 Å². The molecule has 2 unspecified atom stereocenters. The second-order valence-corrected chi connectivity index (χ2v) is 5.42. The quantitative estimate of drug-likeness (QED) is 0.812. The summed E-state index contributed by atoms with van der Waals surface area (Å²) in [6, 6.07) is 2.65. The van der Waals surface area contributed by atoms with Gasteiger partial charge in [0.25, 0.3) is 5.91 Å². The van der Waals surface area contributed by atoms with E-state index in [0.717, 1.165) is 31.0 Å². The maximum absolute atomic E-state index is 12.7. The highest BCUT2D eigenvalue weighted by molar-refractivity contribution is 5.99. The minimum atomic E-state index is -4.49. The van der Waals surface area contributed by atoms with Crippen molar-refractivity contribution in [2.45, 2.75) is 45.8 Å². The predicted molar refractivity (Wildman–Crippen MR) is 76.9 cm³/mol. The van der Waals surface area contributed by atoms with Crippen LogP contribution in [0.4, 0.5) is 18.9 Å². The number of alkyl halides is 3. The van der Waals surface area contributed by atoms with Crippen LogP contribution in [0, 0.1) is 5.92 Å². The van der Waals surface area contributed by atoms with Gasteiger partial charge in [0, 0.05) is 11.7 Å². The zero-order chi connectivity index (χ0) is 16.2. The van der Waals surface area contributed by atoms with Gasteiger partial charge in [-0.3, -0.25) is 4.79 Å². The summed E-state index contributed by atoms with van der Waals surface area (Å²) in [6.07, 6.45) is -2.75. The number of amides is 1. The third kappa shape index (κ3) is 4.95. The lowest BCUT2D eigenvalue weighted by Gasteiger charge is -2.18. The van der Waals surface area contributed by atoms with Crippen LogP contribution in [0.3, 0.4) is 0 Å². The normalized spacial score (nSPS) is 14.6. The van der Waals surface area contributed by atoms with Gasteiger partial charge in [-0.25, -0.2) is 0 Å². The monoisotopic (exact) mass is 302 g/mol. The van der Waals surface area contributed by atoms with Gasteiger partial charge in [-0.05, 0) is 37.5 Å². The Morgan fingerprint density at radius 1 is 1.33 bits per heavy atom. The van der Waals surface area contributed by atoms with Gasteiger partial charge in [0.2, 0.25) is 0 Å². The second-order valence-electron chi connectivity index (χ2n) is 5.42. The number of nitrogen functional groups attached to an aromatic ring is 1. The first-order chi connectivity index (χ1) is 9.65. The molecule has 1 aromatic rings. The molecule has 0 fully saturated rings. The Kier molecular flexibility index (Phi) is 5.63. The summed E-state index contributed by atoms with van der Waals surface area (Å²) in [7, 11) is 0. The van der Waals surface area contributed by atoms with Crippen molar-refractivity contribution in [2.75, 3.05) is 5.73 Å². The van der Waals surface area contributed by atoms with Gasteiger partial charge in [-0.1, -0.05) is 20.3 Å². The van der Waals surface area contributed by atoms with Gasteiger partial charge in [0.15, 0.2) is 0 Å².